The molecule has 0 aromatic carbocycles. The molecule has 0 radical (unpaired) electrons. The summed E-state index contributed by atoms with van der Waals surface area (Å²) in [4.78, 5) is 18.8. The van der Waals surface area contributed by atoms with Gasteiger partial charge in [-0.1, -0.05) is 19.3 Å². The van der Waals surface area contributed by atoms with E-state index in [0.29, 0.717) is 16.7 Å². The molecule has 2 heterocycles. The van der Waals surface area contributed by atoms with Crippen molar-refractivity contribution < 1.29 is 9.18 Å². The third-order valence-corrected chi connectivity index (χ3v) is 3.69. The largest absolute Gasteiger partial charge is 0.344 e. The lowest BCUT2D eigenvalue weighted by Crippen LogP contribution is -2.38. The zero-order valence-electron chi connectivity index (χ0n) is 11.1. The van der Waals surface area contributed by atoms with Gasteiger partial charge in [0.05, 0.1) is 11.9 Å². The van der Waals surface area contributed by atoms with Gasteiger partial charge >= 0.3 is 6.03 Å². The van der Waals surface area contributed by atoms with Crippen molar-refractivity contribution in [3.05, 3.63) is 24.3 Å². The Kier molecular flexibility index (Phi) is 3.54. The molecule has 1 aliphatic carbocycles. The van der Waals surface area contributed by atoms with Crippen LogP contribution in [0.15, 0.2) is 18.5 Å². The van der Waals surface area contributed by atoms with Crippen molar-refractivity contribution in [1.29, 1.82) is 0 Å². The molecular formula is C14H17FN4O. The summed E-state index contributed by atoms with van der Waals surface area (Å²) in [5.74, 6) is -0.423. The molecule has 2 aromatic heterocycles. The predicted molar refractivity (Wildman–Crippen MR) is 75.1 cm³/mol. The summed E-state index contributed by atoms with van der Waals surface area (Å²) >= 11 is 0. The highest BCUT2D eigenvalue weighted by Crippen LogP contribution is 2.22. The molecule has 20 heavy (non-hydrogen) atoms. The van der Waals surface area contributed by atoms with Crippen LogP contribution in [0.2, 0.25) is 0 Å². The number of aromatic amines is 1. The Labute approximate surface area is 116 Å². The van der Waals surface area contributed by atoms with Gasteiger partial charge in [0.15, 0.2) is 0 Å². The molecule has 1 aliphatic rings. The van der Waals surface area contributed by atoms with Crippen LogP contribution in [0.1, 0.15) is 32.1 Å². The van der Waals surface area contributed by atoms with Gasteiger partial charge in [0.2, 0.25) is 0 Å². The average molecular weight is 276 g/mol. The van der Waals surface area contributed by atoms with Crippen LogP contribution < -0.4 is 10.6 Å². The molecule has 106 valence electrons. The molecule has 1 saturated carbocycles. The topological polar surface area (TPSA) is 69.8 Å². The number of hydrogen-bond acceptors (Lipinski definition) is 2. The van der Waals surface area contributed by atoms with E-state index in [-0.39, 0.29) is 12.1 Å². The molecule has 6 heteroatoms. The van der Waals surface area contributed by atoms with Gasteiger partial charge in [0.1, 0.15) is 11.5 Å². The summed E-state index contributed by atoms with van der Waals surface area (Å²) in [7, 11) is 0. The average Bonchev–Trinajstić information content (AvgIpc) is 2.82. The van der Waals surface area contributed by atoms with E-state index < -0.39 is 5.82 Å². The van der Waals surface area contributed by atoms with Crippen LogP contribution in [0.4, 0.5) is 14.9 Å². The Balaban J connectivity index is 1.69. The van der Waals surface area contributed by atoms with Crippen LogP contribution in [-0.4, -0.2) is 22.0 Å². The second-order valence-electron chi connectivity index (χ2n) is 5.19. The fourth-order valence-corrected chi connectivity index (χ4v) is 2.67. The van der Waals surface area contributed by atoms with Crippen molar-refractivity contribution in [2.75, 3.05) is 5.32 Å². The van der Waals surface area contributed by atoms with Crippen LogP contribution in [0.3, 0.4) is 0 Å². The molecule has 0 unspecified atom stereocenters. The lowest BCUT2D eigenvalue weighted by Gasteiger charge is -2.22. The van der Waals surface area contributed by atoms with Crippen molar-refractivity contribution in [2.24, 2.45) is 0 Å². The number of anilines is 1. The molecule has 3 rings (SSSR count). The van der Waals surface area contributed by atoms with Crippen molar-refractivity contribution in [2.45, 2.75) is 38.1 Å². The fraction of sp³-hybridized carbons (Fsp3) is 0.429. The minimum absolute atomic E-state index is 0.240. The van der Waals surface area contributed by atoms with E-state index in [1.54, 1.807) is 6.20 Å². The van der Waals surface area contributed by atoms with E-state index in [0.717, 1.165) is 31.9 Å². The summed E-state index contributed by atoms with van der Waals surface area (Å²) in [5, 5.41) is 6.28. The summed E-state index contributed by atoms with van der Waals surface area (Å²) < 4.78 is 13.2. The van der Waals surface area contributed by atoms with E-state index in [4.69, 9.17) is 0 Å². The number of aromatic nitrogens is 2. The van der Waals surface area contributed by atoms with Gasteiger partial charge in [-0.2, -0.15) is 0 Å². The predicted octanol–water partition coefficient (Wildman–Crippen LogP) is 3.16. The van der Waals surface area contributed by atoms with Gasteiger partial charge in [0, 0.05) is 17.6 Å². The number of nitrogens with zero attached hydrogens (tertiary/aromatic N) is 1. The van der Waals surface area contributed by atoms with Crippen LogP contribution in [-0.2, 0) is 0 Å². The zero-order valence-corrected chi connectivity index (χ0v) is 11.1. The van der Waals surface area contributed by atoms with Crippen molar-refractivity contribution in [3.63, 3.8) is 0 Å². The minimum Gasteiger partial charge on any atom is -0.344 e. The molecule has 0 bridgehead atoms. The number of amides is 2. The first-order valence-corrected chi connectivity index (χ1v) is 6.92. The molecule has 0 saturated heterocycles. The number of hydrogen-bond donors (Lipinski definition) is 3. The van der Waals surface area contributed by atoms with Gasteiger partial charge in [-0.05, 0) is 18.9 Å². The van der Waals surface area contributed by atoms with Crippen molar-refractivity contribution in [1.82, 2.24) is 15.3 Å². The van der Waals surface area contributed by atoms with E-state index in [1.807, 2.05) is 0 Å². The number of urea groups is 1. The maximum absolute atomic E-state index is 13.2. The third kappa shape index (κ3) is 2.74. The van der Waals surface area contributed by atoms with Gasteiger partial charge in [-0.15, -0.1) is 0 Å². The maximum Gasteiger partial charge on any atom is 0.319 e. The highest BCUT2D eigenvalue weighted by atomic mass is 19.1. The quantitative estimate of drug-likeness (QED) is 0.788. The van der Waals surface area contributed by atoms with Gasteiger partial charge in [-0.25, -0.2) is 14.2 Å². The van der Waals surface area contributed by atoms with E-state index in [9.17, 15) is 9.18 Å². The first-order chi connectivity index (χ1) is 9.72. The summed E-state index contributed by atoms with van der Waals surface area (Å²) in [5.41, 5.74) is 1.10. The first kappa shape index (κ1) is 12.9. The lowest BCUT2D eigenvalue weighted by molar-refractivity contribution is 0.244. The highest BCUT2D eigenvalue weighted by molar-refractivity contribution is 5.99. The smallest absolute Gasteiger partial charge is 0.319 e. The third-order valence-electron chi connectivity index (χ3n) is 3.69. The molecule has 2 aromatic rings. The SMILES string of the molecule is O=C(Nc1c[nH]c2ncc(F)cc12)NC1CCCCC1. The maximum atomic E-state index is 13.2. The van der Waals surface area contributed by atoms with E-state index in [2.05, 4.69) is 20.6 Å². The number of carbonyl (C=O) groups is 1. The molecular weight excluding hydrogens is 259 g/mol. The van der Waals surface area contributed by atoms with Crippen molar-refractivity contribution in [3.8, 4) is 0 Å². The number of carbonyl (C=O) groups excluding carboxylic acids is 1. The number of pyridine rings is 1. The summed E-state index contributed by atoms with van der Waals surface area (Å²) in [6, 6.07) is 1.35. The summed E-state index contributed by atoms with van der Waals surface area (Å²) in [6.07, 6.45) is 8.38. The lowest BCUT2D eigenvalue weighted by atomic mass is 9.96. The number of halogens is 1. The van der Waals surface area contributed by atoms with Gasteiger partial charge in [-0.3, -0.25) is 0 Å². The minimum atomic E-state index is -0.423. The Morgan fingerprint density at radius 2 is 2.15 bits per heavy atom. The Morgan fingerprint density at radius 1 is 1.35 bits per heavy atom. The molecule has 0 atom stereocenters. The number of fused-ring (bicyclic) bond motifs is 1. The van der Waals surface area contributed by atoms with Crippen LogP contribution in [0.25, 0.3) is 11.0 Å². The second-order valence-corrected chi connectivity index (χ2v) is 5.19. The van der Waals surface area contributed by atoms with Crippen LogP contribution in [0, 0.1) is 5.82 Å². The zero-order chi connectivity index (χ0) is 13.9. The molecule has 3 N–H and O–H groups in total. The normalized spacial score (nSPS) is 16.2. The Bertz CT molecular complexity index is 619. The molecule has 1 fully saturated rings. The van der Waals surface area contributed by atoms with Crippen LogP contribution in [0.5, 0.6) is 0 Å². The number of rotatable bonds is 2. The van der Waals surface area contributed by atoms with Crippen LogP contribution >= 0.6 is 0 Å². The number of H-pyrrole nitrogens is 1. The standard InChI is InChI=1S/C14H17FN4O/c15-9-6-11-12(8-17-13(11)16-7-9)19-14(20)18-10-4-2-1-3-5-10/h6-8,10H,1-5H2,(H,16,17)(H2,18,19,20). The Morgan fingerprint density at radius 3 is 2.95 bits per heavy atom. The van der Waals surface area contributed by atoms with Crippen molar-refractivity contribution >= 4 is 22.8 Å². The summed E-state index contributed by atoms with van der Waals surface area (Å²) in [6.45, 7) is 0. The molecule has 5 nitrogen and oxygen atoms in total. The molecule has 0 spiro atoms. The van der Waals surface area contributed by atoms with E-state index in [1.165, 1.54) is 12.5 Å². The van der Waals surface area contributed by atoms with Gasteiger partial charge in [0.25, 0.3) is 0 Å². The number of nitrogens with one attached hydrogen (secondary N) is 3. The van der Waals surface area contributed by atoms with E-state index >= 15 is 0 Å². The fourth-order valence-electron chi connectivity index (χ4n) is 2.67. The monoisotopic (exact) mass is 276 g/mol. The van der Waals surface area contributed by atoms with Gasteiger partial charge < -0.3 is 15.6 Å². The first-order valence-electron chi connectivity index (χ1n) is 6.92. The molecule has 0 aliphatic heterocycles. The highest BCUT2D eigenvalue weighted by Gasteiger charge is 2.16. The molecule has 2 amide bonds. The Hall–Kier alpha value is -2.11. The second kappa shape index (κ2) is 5.48.